The van der Waals surface area contributed by atoms with Gasteiger partial charge in [-0.3, -0.25) is 0 Å². The summed E-state index contributed by atoms with van der Waals surface area (Å²) in [6, 6.07) is 15.7. The summed E-state index contributed by atoms with van der Waals surface area (Å²) in [5, 5.41) is 0. The first-order chi connectivity index (χ1) is 17.1. The lowest BCUT2D eigenvalue weighted by atomic mass is 9.77. The summed E-state index contributed by atoms with van der Waals surface area (Å²) in [6.45, 7) is 14.2. The summed E-state index contributed by atoms with van der Waals surface area (Å²) >= 11 is 0. The molecule has 0 atom stereocenters. The van der Waals surface area contributed by atoms with E-state index >= 15 is 0 Å². The van der Waals surface area contributed by atoms with Crippen molar-refractivity contribution in [3.8, 4) is 12.3 Å². The van der Waals surface area contributed by atoms with Crippen LogP contribution in [-0.4, -0.2) is 6.54 Å². The summed E-state index contributed by atoms with van der Waals surface area (Å²) in [5.41, 5.74) is 8.00. The Bertz CT molecular complexity index is 980. The zero-order chi connectivity index (χ0) is 25.2. The predicted molar refractivity (Wildman–Crippen MR) is 154 cm³/mol. The second-order valence-corrected chi connectivity index (χ2v) is 10.4. The molecule has 2 aliphatic carbocycles. The summed E-state index contributed by atoms with van der Waals surface area (Å²) in [4.78, 5) is 2.53. The molecule has 0 aromatic heterocycles. The molecular weight excluding hydrogens is 422 g/mol. The standard InChI is InChI=1S/C32H41N.C2H6/c1-5-26-11-10-14-32(22-26)33(25(4)29-12-8-7-9-13-29)23-27-15-17-30(18-16-27)31-20-19-28(6-2)24(3)21-31;1-2/h1,10-11,14,19-22,27,29-30H,4,6-9,12-13,15-18,23H2,2-3H3;1-2H3. The number of aryl methyl sites for hydroxylation is 2. The third-order valence-corrected chi connectivity index (χ3v) is 8.25. The molecule has 2 aliphatic rings. The molecule has 0 saturated heterocycles. The fourth-order valence-corrected chi connectivity index (χ4v) is 6.11. The number of allylic oxidation sites excluding steroid dienone is 1. The molecule has 2 saturated carbocycles. The highest BCUT2D eigenvalue weighted by Gasteiger charge is 2.28. The third kappa shape index (κ3) is 7.04. The second-order valence-electron chi connectivity index (χ2n) is 10.4. The van der Waals surface area contributed by atoms with Crippen LogP contribution in [0.3, 0.4) is 0 Å². The van der Waals surface area contributed by atoms with Crippen LogP contribution in [0.2, 0.25) is 0 Å². The number of hydrogen-bond acceptors (Lipinski definition) is 1. The Balaban J connectivity index is 0.00000167. The van der Waals surface area contributed by atoms with Crippen molar-refractivity contribution in [3.05, 3.63) is 77.0 Å². The smallest absolute Gasteiger partial charge is 0.0420 e. The van der Waals surface area contributed by atoms with Crippen molar-refractivity contribution in [2.75, 3.05) is 11.4 Å². The van der Waals surface area contributed by atoms with E-state index in [9.17, 15) is 0 Å². The summed E-state index contributed by atoms with van der Waals surface area (Å²) < 4.78 is 0. The van der Waals surface area contributed by atoms with E-state index in [4.69, 9.17) is 6.42 Å². The predicted octanol–water partition coefficient (Wildman–Crippen LogP) is 9.44. The molecule has 0 amide bonds. The van der Waals surface area contributed by atoms with Crippen LogP contribution in [0.5, 0.6) is 0 Å². The average Bonchev–Trinajstić information content (AvgIpc) is 2.93. The van der Waals surface area contributed by atoms with E-state index in [1.807, 2.05) is 19.9 Å². The molecule has 188 valence electrons. The van der Waals surface area contributed by atoms with Crippen molar-refractivity contribution in [1.29, 1.82) is 0 Å². The zero-order valence-electron chi connectivity index (χ0n) is 22.8. The first kappa shape index (κ1) is 27.1. The van der Waals surface area contributed by atoms with E-state index in [0.29, 0.717) is 17.8 Å². The molecule has 2 aromatic carbocycles. The van der Waals surface area contributed by atoms with Crippen molar-refractivity contribution in [3.63, 3.8) is 0 Å². The van der Waals surface area contributed by atoms with Crippen LogP contribution in [0.25, 0.3) is 0 Å². The molecule has 0 spiro atoms. The van der Waals surface area contributed by atoms with Gasteiger partial charge in [-0.25, -0.2) is 0 Å². The van der Waals surface area contributed by atoms with Crippen LogP contribution < -0.4 is 4.90 Å². The Morgan fingerprint density at radius 1 is 0.971 bits per heavy atom. The Hall–Kier alpha value is -2.46. The molecule has 0 unspecified atom stereocenters. The van der Waals surface area contributed by atoms with Crippen LogP contribution in [0.15, 0.2) is 54.7 Å². The SMILES string of the molecule is C#Cc1cccc(N(CC2CCC(c3ccc(CC)c(C)c3)CC2)C(=C)C2CCCCC2)c1.CC. The lowest BCUT2D eigenvalue weighted by Crippen LogP contribution is -2.33. The van der Waals surface area contributed by atoms with E-state index in [0.717, 1.165) is 18.5 Å². The minimum absolute atomic E-state index is 0.615. The Morgan fingerprint density at radius 3 is 2.31 bits per heavy atom. The fourth-order valence-electron chi connectivity index (χ4n) is 6.11. The van der Waals surface area contributed by atoms with E-state index in [1.54, 1.807) is 5.56 Å². The molecule has 0 radical (unpaired) electrons. The van der Waals surface area contributed by atoms with Crippen molar-refractivity contribution < 1.29 is 0 Å². The lowest BCUT2D eigenvalue weighted by Gasteiger charge is -2.38. The Morgan fingerprint density at radius 2 is 1.69 bits per heavy atom. The van der Waals surface area contributed by atoms with Gasteiger partial charge in [0.25, 0.3) is 0 Å². The van der Waals surface area contributed by atoms with Crippen LogP contribution in [0.1, 0.15) is 107 Å². The molecule has 0 N–H and O–H groups in total. The maximum Gasteiger partial charge on any atom is 0.0420 e. The minimum atomic E-state index is 0.615. The van der Waals surface area contributed by atoms with Crippen molar-refractivity contribution in [2.45, 2.75) is 97.8 Å². The van der Waals surface area contributed by atoms with E-state index < -0.39 is 0 Å². The fraction of sp³-hybridized carbons (Fsp3) is 0.529. The first-order valence-corrected chi connectivity index (χ1v) is 14.2. The van der Waals surface area contributed by atoms with Crippen molar-refractivity contribution in [1.82, 2.24) is 0 Å². The van der Waals surface area contributed by atoms with Gasteiger partial charge in [-0.15, -0.1) is 6.42 Å². The number of hydrogen-bond donors (Lipinski definition) is 0. The number of nitrogens with zero attached hydrogens (tertiary/aromatic N) is 1. The van der Waals surface area contributed by atoms with Gasteiger partial charge in [0.05, 0.1) is 0 Å². The van der Waals surface area contributed by atoms with Crippen LogP contribution in [0.4, 0.5) is 5.69 Å². The molecule has 0 bridgehead atoms. The molecule has 4 rings (SSSR count). The van der Waals surface area contributed by atoms with E-state index in [2.05, 4.69) is 67.6 Å². The van der Waals surface area contributed by atoms with Gasteiger partial charge in [0.1, 0.15) is 0 Å². The Kier molecular flexibility index (Phi) is 10.5. The van der Waals surface area contributed by atoms with Crippen LogP contribution in [0, 0.1) is 31.1 Å². The van der Waals surface area contributed by atoms with Gasteiger partial charge in [0.15, 0.2) is 0 Å². The van der Waals surface area contributed by atoms with Crippen molar-refractivity contribution >= 4 is 5.69 Å². The highest BCUT2D eigenvalue weighted by molar-refractivity contribution is 5.56. The largest absolute Gasteiger partial charge is 0.345 e. The zero-order valence-corrected chi connectivity index (χ0v) is 22.8. The second kappa shape index (κ2) is 13.6. The summed E-state index contributed by atoms with van der Waals surface area (Å²) in [6.07, 6.45) is 18.6. The normalized spacial score (nSPS) is 20.3. The average molecular weight is 470 g/mol. The van der Waals surface area contributed by atoms with Crippen LogP contribution >= 0.6 is 0 Å². The summed E-state index contributed by atoms with van der Waals surface area (Å²) in [5.74, 6) is 4.87. The maximum absolute atomic E-state index is 5.73. The molecule has 1 nitrogen and oxygen atoms in total. The summed E-state index contributed by atoms with van der Waals surface area (Å²) in [7, 11) is 0. The van der Waals surface area contributed by atoms with Gasteiger partial charge in [0, 0.05) is 23.5 Å². The minimum Gasteiger partial charge on any atom is -0.345 e. The highest BCUT2D eigenvalue weighted by Crippen LogP contribution is 2.39. The van der Waals surface area contributed by atoms with Gasteiger partial charge in [-0.05, 0) is 105 Å². The third-order valence-electron chi connectivity index (χ3n) is 8.25. The molecule has 0 aliphatic heterocycles. The number of terminal acetylenes is 1. The van der Waals surface area contributed by atoms with Gasteiger partial charge in [-0.1, -0.05) is 76.8 Å². The number of rotatable bonds is 7. The monoisotopic (exact) mass is 469 g/mol. The van der Waals surface area contributed by atoms with Gasteiger partial charge >= 0.3 is 0 Å². The molecule has 2 fully saturated rings. The number of anilines is 1. The van der Waals surface area contributed by atoms with Crippen LogP contribution in [-0.2, 0) is 6.42 Å². The Labute approximate surface area is 216 Å². The van der Waals surface area contributed by atoms with Gasteiger partial charge < -0.3 is 4.90 Å². The molecular formula is C34H47N. The number of benzene rings is 2. The topological polar surface area (TPSA) is 3.24 Å². The quantitative estimate of drug-likeness (QED) is 0.365. The van der Waals surface area contributed by atoms with E-state index in [1.165, 1.54) is 80.3 Å². The van der Waals surface area contributed by atoms with Gasteiger partial charge in [-0.2, -0.15) is 0 Å². The van der Waals surface area contributed by atoms with Crippen molar-refractivity contribution in [2.24, 2.45) is 11.8 Å². The molecule has 2 aromatic rings. The molecule has 1 heteroatoms. The lowest BCUT2D eigenvalue weighted by molar-refractivity contribution is 0.323. The highest BCUT2D eigenvalue weighted by atomic mass is 15.1. The van der Waals surface area contributed by atoms with Gasteiger partial charge in [0.2, 0.25) is 0 Å². The molecule has 35 heavy (non-hydrogen) atoms. The van der Waals surface area contributed by atoms with E-state index in [-0.39, 0.29) is 0 Å². The molecule has 0 heterocycles. The first-order valence-electron chi connectivity index (χ1n) is 14.2. The maximum atomic E-state index is 5.73.